The van der Waals surface area contributed by atoms with E-state index in [9.17, 15) is 14.4 Å². The van der Waals surface area contributed by atoms with E-state index in [0.717, 1.165) is 22.3 Å². The summed E-state index contributed by atoms with van der Waals surface area (Å²) in [6.07, 6.45) is -0.863. The Hall–Kier alpha value is -3.39. The van der Waals surface area contributed by atoms with Crippen molar-refractivity contribution in [3.05, 3.63) is 59.7 Å². The number of nitrogens with one attached hydrogen (secondary N) is 2. The van der Waals surface area contributed by atoms with Gasteiger partial charge in [-0.15, -0.1) is 0 Å². The molecule has 3 atom stereocenters. The minimum Gasteiger partial charge on any atom is -0.479 e. The van der Waals surface area contributed by atoms with Gasteiger partial charge in [-0.1, -0.05) is 62.4 Å². The predicted octanol–water partition coefficient (Wildman–Crippen LogP) is 3.30. The lowest BCUT2D eigenvalue weighted by Gasteiger charge is -2.23. The van der Waals surface area contributed by atoms with Crippen LogP contribution in [0.25, 0.3) is 11.1 Å². The van der Waals surface area contributed by atoms with E-state index in [1.807, 2.05) is 50.2 Å². The number of carboxylic acid groups (broad SMARTS) is 1. The summed E-state index contributed by atoms with van der Waals surface area (Å²) in [6.45, 7) is 4.03. The first kappa shape index (κ1) is 23.8. The fourth-order valence-corrected chi connectivity index (χ4v) is 4.66. The summed E-state index contributed by atoms with van der Waals surface area (Å²) in [5, 5.41) is 14.5. The normalized spacial score (nSPS) is 19.9. The van der Waals surface area contributed by atoms with E-state index in [-0.39, 0.29) is 37.0 Å². The van der Waals surface area contributed by atoms with Crippen molar-refractivity contribution in [2.45, 2.75) is 50.9 Å². The van der Waals surface area contributed by atoms with Crippen molar-refractivity contribution in [3.63, 3.8) is 0 Å². The van der Waals surface area contributed by atoms with E-state index in [0.29, 0.717) is 12.8 Å². The average Bonchev–Trinajstić information content (AvgIpc) is 3.43. The second-order valence-corrected chi connectivity index (χ2v) is 9.10. The third-order valence-electron chi connectivity index (χ3n) is 6.45. The van der Waals surface area contributed by atoms with Crippen molar-refractivity contribution in [2.24, 2.45) is 5.92 Å². The number of hydrogen-bond donors (Lipinski definition) is 3. The van der Waals surface area contributed by atoms with Crippen molar-refractivity contribution >= 4 is 18.0 Å². The maximum atomic E-state index is 12.7. The van der Waals surface area contributed by atoms with Crippen molar-refractivity contribution in [1.29, 1.82) is 0 Å². The molecule has 2 aliphatic rings. The molecule has 2 amide bonds. The van der Waals surface area contributed by atoms with E-state index in [4.69, 9.17) is 14.6 Å². The van der Waals surface area contributed by atoms with Crippen molar-refractivity contribution in [2.75, 3.05) is 13.2 Å². The standard InChI is InChI=1S/C26H30N2O6/c1-15(2)23(24(29)27-13-16-11-12-22(34-16)25(30)31)28-26(32)33-14-21-19-9-5-3-7-17(19)18-8-4-6-10-20(18)21/h3-10,15-16,21-23H,11-14H2,1-2H3,(H,27,29)(H,28,32)(H,30,31). The van der Waals surface area contributed by atoms with Gasteiger partial charge in [0.15, 0.2) is 6.10 Å². The summed E-state index contributed by atoms with van der Waals surface area (Å²) in [6, 6.07) is 15.4. The van der Waals surface area contributed by atoms with Crippen LogP contribution in [-0.4, -0.2) is 54.5 Å². The summed E-state index contributed by atoms with van der Waals surface area (Å²) in [4.78, 5) is 36.4. The number of benzene rings is 2. The van der Waals surface area contributed by atoms with E-state index in [2.05, 4.69) is 22.8 Å². The summed E-state index contributed by atoms with van der Waals surface area (Å²) >= 11 is 0. The molecule has 1 fully saturated rings. The van der Waals surface area contributed by atoms with Crippen LogP contribution in [-0.2, 0) is 19.1 Å². The monoisotopic (exact) mass is 466 g/mol. The number of ether oxygens (including phenoxy) is 2. The molecule has 2 aromatic carbocycles. The molecule has 1 aliphatic heterocycles. The Morgan fingerprint density at radius 1 is 1.03 bits per heavy atom. The highest BCUT2D eigenvalue weighted by molar-refractivity contribution is 5.86. The Morgan fingerprint density at radius 3 is 2.21 bits per heavy atom. The largest absolute Gasteiger partial charge is 0.479 e. The molecule has 1 aliphatic carbocycles. The molecule has 4 rings (SSSR count). The maximum Gasteiger partial charge on any atom is 0.407 e. The molecule has 8 heteroatoms. The highest BCUT2D eigenvalue weighted by Gasteiger charge is 2.33. The smallest absolute Gasteiger partial charge is 0.407 e. The fourth-order valence-electron chi connectivity index (χ4n) is 4.66. The first-order valence-electron chi connectivity index (χ1n) is 11.6. The van der Waals surface area contributed by atoms with Crippen LogP contribution in [0.4, 0.5) is 4.79 Å². The Kier molecular flexibility index (Phi) is 7.17. The van der Waals surface area contributed by atoms with Gasteiger partial charge < -0.3 is 25.2 Å². The quantitative estimate of drug-likeness (QED) is 0.550. The molecule has 34 heavy (non-hydrogen) atoms. The molecular formula is C26H30N2O6. The van der Waals surface area contributed by atoms with Crippen molar-refractivity contribution in [1.82, 2.24) is 10.6 Å². The number of hydrogen-bond acceptors (Lipinski definition) is 5. The van der Waals surface area contributed by atoms with Crippen molar-refractivity contribution < 1.29 is 29.0 Å². The minimum absolute atomic E-state index is 0.0637. The van der Waals surface area contributed by atoms with Gasteiger partial charge in [-0.05, 0) is 41.0 Å². The molecule has 0 aromatic heterocycles. The molecule has 3 N–H and O–H groups in total. The summed E-state index contributed by atoms with van der Waals surface area (Å²) in [5.74, 6) is -1.58. The van der Waals surface area contributed by atoms with Gasteiger partial charge >= 0.3 is 12.1 Å². The molecule has 1 heterocycles. The second kappa shape index (κ2) is 10.3. The Bertz CT molecular complexity index is 1020. The SMILES string of the molecule is CC(C)C(NC(=O)OCC1c2ccccc2-c2ccccc21)C(=O)NCC1CCC(C(=O)O)O1. The molecule has 0 spiro atoms. The summed E-state index contributed by atoms with van der Waals surface area (Å²) < 4.78 is 11.0. The Labute approximate surface area is 198 Å². The van der Waals surface area contributed by atoms with Crippen LogP contribution in [0.5, 0.6) is 0 Å². The minimum atomic E-state index is -0.995. The maximum absolute atomic E-state index is 12.7. The molecule has 8 nitrogen and oxygen atoms in total. The van der Waals surface area contributed by atoms with Gasteiger partial charge in [-0.3, -0.25) is 4.79 Å². The van der Waals surface area contributed by atoms with Gasteiger partial charge in [0.2, 0.25) is 5.91 Å². The molecule has 1 saturated heterocycles. The third kappa shape index (κ3) is 5.07. The number of carboxylic acids is 1. The van der Waals surface area contributed by atoms with Gasteiger partial charge in [-0.25, -0.2) is 9.59 Å². The van der Waals surface area contributed by atoms with Gasteiger partial charge in [-0.2, -0.15) is 0 Å². The zero-order valence-corrected chi connectivity index (χ0v) is 19.3. The highest BCUT2D eigenvalue weighted by Crippen LogP contribution is 2.44. The first-order valence-corrected chi connectivity index (χ1v) is 11.6. The molecule has 0 bridgehead atoms. The van der Waals surface area contributed by atoms with Crippen molar-refractivity contribution in [3.8, 4) is 11.1 Å². The predicted molar refractivity (Wildman–Crippen MR) is 125 cm³/mol. The highest BCUT2D eigenvalue weighted by atomic mass is 16.5. The van der Waals surface area contributed by atoms with Crippen LogP contribution in [0.3, 0.4) is 0 Å². The number of aliphatic carboxylic acids is 1. The number of fused-ring (bicyclic) bond motifs is 3. The van der Waals surface area contributed by atoms with Gasteiger partial charge in [0.25, 0.3) is 0 Å². The van der Waals surface area contributed by atoms with Crippen LogP contribution in [0, 0.1) is 5.92 Å². The lowest BCUT2D eigenvalue weighted by molar-refractivity contribution is -0.149. The molecule has 0 radical (unpaired) electrons. The molecule has 2 aromatic rings. The third-order valence-corrected chi connectivity index (χ3v) is 6.45. The molecular weight excluding hydrogens is 436 g/mol. The summed E-state index contributed by atoms with van der Waals surface area (Å²) in [5.41, 5.74) is 4.52. The van der Waals surface area contributed by atoms with Gasteiger partial charge in [0.1, 0.15) is 12.6 Å². The lowest BCUT2D eigenvalue weighted by atomic mass is 9.98. The van der Waals surface area contributed by atoms with Crippen LogP contribution in [0.15, 0.2) is 48.5 Å². The topological polar surface area (TPSA) is 114 Å². The Balaban J connectivity index is 1.32. The van der Waals surface area contributed by atoms with Crippen LogP contribution >= 0.6 is 0 Å². The van der Waals surface area contributed by atoms with E-state index in [1.54, 1.807) is 0 Å². The van der Waals surface area contributed by atoms with Crippen LogP contribution in [0.1, 0.15) is 43.7 Å². The second-order valence-electron chi connectivity index (χ2n) is 9.10. The Morgan fingerprint density at radius 2 is 1.65 bits per heavy atom. The summed E-state index contributed by atoms with van der Waals surface area (Å²) in [7, 11) is 0. The number of rotatable bonds is 8. The van der Waals surface area contributed by atoms with Crippen LogP contribution in [0.2, 0.25) is 0 Å². The molecule has 0 saturated carbocycles. The lowest BCUT2D eigenvalue weighted by Crippen LogP contribution is -2.51. The number of amides is 2. The van der Waals surface area contributed by atoms with Gasteiger partial charge in [0, 0.05) is 12.5 Å². The van der Waals surface area contributed by atoms with E-state index in [1.165, 1.54) is 0 Å². The molecule has 3 unspecified atom stereocenters. The van der Waals surface area contributed by atoms with E-state index < -0.39 is 24.2 Å². The zero-order chi connectivity index (χ0) is 24.2. The molecule has 180 valence electrons. The number of carbonyl (C=O) groups is 3. The van der Waals surface area contributed by atoms with E-state index >= 15 is 0 Å². The van der Waals surface area contributed by atoms with Crippen LogP contribution < -0.4 is 10.6 Å². The first-order chi connectivity index (χ1) is 16.3. The number of alkyl carbamates (subject to hydrolysis) is 1. The van der Waals surface area contributed by atoms with Gasteiger partial charge in [0.05, 0.1) is 6.10 Å². The zero-order valence-electron chi connectivity index (χ0n) is 19.3. The fraction of sp³-hybridized carbons (Fsp3) is 0.423. The average molecular weight is 467 g/mol. The number of carbonyl (C=O) groups excluding carboxylic acids is 2.